The molecule has 1 N–H and O–H groups in total. The van der Waals surface area contributed by atoms with Gasteiger partial charge in [0.15, 0.2) is 18.1 Å². The van der Waals surface area contributed by atoms with Crippen molar-refractivity contribution >= 4 is 11.9 Å². The summed E-state index contributed by atoms with van der Waals surface area (Å²) in [6.45, 7) is 4.89. The summed E-state index contributed by atoms with van der Waals surface area (Å²) in [7, 11) is 0. The largest absolute Gasteiger partial charge is 0.490 e. The predicted octanol–water partition coefficient (Wildman–Crippen LogP) is 2.91. The number of fused-ring (bicyclic) bond motifs is 1. The van der Waals surface area contributed by atoms with Gasteiger partial charge in [0.05, 0.1) is 24.8 Å². The molecule has 0 unspecified atom stereocenters. The Balaban J connectivity index is 1.63. The van der Waals surface area contributed by atoms with E-state index < -0.39 is 5.97 Å². The smallest absolute Gasteiger partial charge is 0.338 e. The molecule has 0 saturated heterocycles. The zero-order valence-corrected chi connectivity index (χ0v) is 16.0. The molecule has 2 aromatic rings. The average molecular weight is 384 g/mol. The van der Waals surface area contributed by atoms with Crippen LogP contribution in [0.2, 0.25) is 0 Å². The minimum atomic E-state index is -0.561. The van der Waals surface area contributed by atoms with E-state index in [1.165, 1.54) is 24.5 Å². The van der Waals surface area contributed by atoms with E-state index in [2.05, 4.69) is 10.3 Å². The van der Waals surface area contributed by atoms with Gasteiger partial charge >= 0.3 is 5.97 Å². The molecule has 0 spiro atoms. The number of carbonyl (C=O) groups is 2. The topological polar surface area (TPSA) is 86.8 Å². The first kappa shape index (κ1) is 19.7. The van der Waals surface area contributed by atoms with Gasteiger partial charge in [0.2, 0.25) is 0 Å². The fourth-order valence-electron chi connectivity index (χ4n) is 2.93. The van der Waals surface area contributed by atoms with Crippen LogP contribution in [0.4, 0.5) is 0 Å². The molecule has 1 aliphatic rings. The van der Waals surface area contributed by atoms with Crippen molar-refractivity contribution in [3.63, 3.8) is 0 Å². The van der Waals surface area contributed by atoms with Crippen molar-refractivity contribution in [3.8, 4) is 11.5 Å². The maximum atomic E-state index is 12.4. The normalized spacial score (nSPS) is 14.1. The Morgan fingerprint density at radius 1 is 1.11 bits per heavy atom. The van der Waals surface area contributed by atoms with Crippen molar-refractivity contribution in [2.24, 2.45) is 5.92 Å². The molecule has 3 rings (SSSR count). The molecule has 2 heterocycles. The summed E-state index contributed by atoms with van der Waals surface area (Å²) in [4.78, 5) is 28.2. The highest BCUT2D eigenvalue weighted by Gasteiger charge is 2.22. The number of hydrogen-bond acceptors (Lipinski definition) is 6. The fourth-order valence-corrected chi connectivity index (χ4v) is 2.93. The van der Waals surface area contributed by atoms with Gasteiger partial charge in [0.1, 0.15) is 0 Å². The van der Waals surface area contributed by atoms with Crippen LogP contribution < -0.4 is 14.8 Å². The molecule has 1 aliphatic heterocycles. The fraction of sp³-hybridized carbons (Fsp3) is 0.381. The molecule has 28 heavy (non-hydrogen) atoms. The van der Waals surface area contributed by atoms with Crippen LogP contribution in [-0.4, -0.2) is 36.7 Å². The SMILES string of the molecule is CC(C)[C@H](NC(=O)COC(=O)c1ccncc1)c1ccc2c(c1)OCCCO2. The van der Waals surface area contributed by atoms with Crippen LogP contribution in [0.3, 0.4) is 0 Å². The number of hydrogen-bond donors (Lipinski definition) is 1. The molecular formula is C21H24N2O5. The van der Waals surface area contributed by atoms with Crippen molar-refractivity contribution in [2.45, 2.75) is 26.3 Å². The van der Waals surface area contributed by atoms with Gasteiger partial charge in [-0.15, -0.1) is 0 Å². The van der Waals surface area contributed by atoms with Gasteiger partial charge in [-0.05, 0) is 35.7 Å². The van der Waals surface area contributed by atoms with Crippen LogP contribution in [0.15, 0.2) is 42.7 Å². The summed E-state index contributed by atoms with van der Waals surface area (Å²) >= 11 is 0. The Labute approximate surface area is 164 Å². The van der Waals surface area contributed by atoms with Crippen molar-refractivity contribution in [1.82, 2.24) is 10.3 Å². The number of benzene rings is 1. The van der Waals surface area contributed by atoms with Crippen LogP contribution in [0.5, 0.6) is 11.5 Å². The Kier molecular flexibility index (Phi) is 6.47. The zero-order chi connectivity index (χ0) is 19.9. The van der Waals surface area contributed by atoms with Gasteiger partial charge in [-0.3, -0.25) is 9.78 Å². The highest BCUT2D eigenvalue weighted by atomic mass is 16.5. The lowest BCUT2D eigenvalue weighted by Crippen LogP contribution is -2.35. The molecule has 1 aromatic carbocycles. The second-order valence-electron chi connectivity index (χ2n) is 6.86. The molecule has 0 saturated carbocycles. The van der Waals surface area contributed by atoms with E-state index >= 15 is 0 Å². The summed E-state index contributed by atoms with van der Waals surface area (Å²) in [6.07, 6.45) is 3.82. The van der Waals surface area contributed by atoms with Gasteiger partial charge in [0, 0.05) is 18.8 Å². The van der Waals surface area contributed by atoms with E-state index in [9.17, 15) is 9.59 Å². The lowest BCUT2D eigenvalue weighted by molar-refractivity contribution is -0.125. The Morgan fingerprint density at radius 2 is 1.82 bits per heavy atom. The highest BCUT2D eigenvalue weighted by Crippen LogP contribution is 2.34. The third kappa shape index (κ3) is 5.00. The number of pyridine rings is 1. The van der Waals surface area contributed by atoms with Crippen LogP contribution in [-0.2, 0) is 9.53 Å². The molecule has 0 aliphatic carbocycles. The van der Waals surface area contributed by atoms with Gasteiger partial charge in [-0.25, -0.2) is 4.79 Å². The quantitative estimate of drug-likeness (QED) is 0.771. The Bertz CT molecular complexity index is 823. The predicted molar refractivity (Wildman–Crippen MR) is 102 cm³/mol. The number of nitrogens with one attached hydrogen (secondary N) is 1. The van der Waals surface area contributed by atoms with Crippen LogP contribution >= 0.6 is 0 Å². The summed E-state index contributed by atoms with van der Waals surface area (Å²) in [5.41, 5.74) is 1.26. The molecular weight excluding hydrogens is 360 g/mol. The summed E-state index contributed by atoms with van der Waals surface area (Å²) in [6, 6.07) is 8.50. The minimum Gasteiger partial charge on any atom is -0.490 e. The highest BCUT2D eigenvalue weighted by molar-refractivity contribution is 5.91. The molecule has 7 nitrogen and oxygen atoms in total. The first-order valence-electron chi connectivity index (χ1n) is 9.30. The van der Waals surface area contributed by atoms with Gasteiger partial charge in [0.25, 0.3) is 5.91 Å². The Hall–Kier alpha value is -3.09. The number of rotatable bonds is 6. The maximum Gasteiger partial charge on any atom is 0.338 e. The van der Waals surface area contributed by atoms with Crippen LogP contribution in [0.1, 0.15) is 42.2 Å². The third-order valence-corrected chi connectivity index (χ3v) is 4.36. The molecule has 1 atom stereocenters. The van der Waals surface area contributed by atoms with E-state index in [4.69, 9.17) is 14.2 Å². The van der Waals surface area contributed by atoms with Crippen molar-refractivity contribution in [2.75, 3.05) is 19.8 Å². The standard InChI is InChI=1S/C21H24N2O5/c1-14(2)20(16-4-5-17-18(12-16)27-11-3-10-26-17)23-19(24)13-28-21(25)15-6-8-22-9-7-15/h4-9,12,14,20H,3,10-11,13H2,1-2H3,(H,23,24)/t20-/m0/s1. The molecule has 148 valence electrons. The van der Waals surface area contributed by atoms with Crippen molar-refractivity contribution < 1.29 is 23.8 Å². The van der Waals surface area contributed by atoms with E-state index in [1.807, 2.05) is 32.0 Å². The first-order valence-corrected chi connectivity index (χ1v) is 9.30. The summed E-state index contributed by atoms with van der Waals surface area (Å²) in [5.74, 6) is 0.590. The van der Waals surface area contributed by atoms with Gasteiger partial charge in [-0.2, -0.15) is 0 Å². The van der Waals surface area contributed by atoms with E-state index in [-0.39, 0.29) is 24.5 Å². The molecule has 7 heteroatoms. The average Bonchev–Trinajstić information content (AvgIpc) is 2.95. The number of aromatic nitrogens is 1. The first-order chi connectivity index (χ1) is 13.5. The van der Waals surface area contributed by atoms with E-state index in [0.29, 0.717) is 30.3 Å². The lowest BCUT2D eigenvalue weighted by Gasteiger charge is -2.23. The zero-order valence-electron chi connectivity index (χ0n) is 16.0. The second kappa shape index (κ2) is 9.21. The van der Waals surface area contributed by atoms with Crippen LogP contribution in [0.25, 0.3) is 0 Å². The molecule has 1 aromatic heterocycles. The molecule has 0 radical (unpaired) electrons. The monoisotopic (exact) mass is 384 g/mol. The molecule has 0 bridgehead atoms. The number of esters is 1. The second-order valence-corrected chi connectivity index (χ2v) is 6.86. The van der Waals surface area contributed by atoms with Crippen LogP contribution in [0, 0.1) is 5.92 Å². The van der Waals surface area contributed by atoms with Crippen molar-refractivity contribution in [1.29, 1.82) is 0 Å². The third-order valence-electron chi connectivity index (χ3n) is 4.36. The number of carbonyl (C=O) groups excluding carboxylic acids is 2. The van der Waals surface area contributed by atoms with E-state index in [1.54, 1.807) is 0 Å². The lowest BCUT2D eigenvalue weighted by atomic mass is 9.95. The van der Waals surface area contributed by atoms with Gasteiger partial charge < -0.3 is 19.5 Å². The van der Waals surface area contributed by atoms with E-state index in [0.717, 1.165) is 12.0 Å². The minimum absolute atomic E-state index is 0.129. The number of ether oxygens (including phenoxy) is 3. The molecule has 0 fully saturated rings. The maximum absolute atomic E-state index is 12.4. The summed E-state index contributed by atoms with van der Waals surface area (Å²) < 4.78 is 16.5. The van der Waals surface area contributed by atoms with Gasteiger partial charge in [-0.1, -0.05) is 19.9 Å². The summed E-state index contributed by atoms with van der Waals surface area (Å²) in [5, 5.41) is 2.94. The van der Waals surface area contributed by atoms with Crippen molar-refractivity contribution in [3.05, 3.63) is 53.9 Å². The molecule has 1 amide bonds. The Morgan fingerprint density at radius 3 is 2.54 bits per heavy atom. The number of amides is 1. The number of nitrogens with zero attached hydrogens (tertiary/aromatic N) is 1.